The molecule has 0 aliphatic carbocycles. The number of amides is 1. The van der Waals surface area contributed by atoms with E-state index < -0.39 is 6.09 Å². The summed E-state index contributed by atoms with van der Waals surface area (Å²) in [6, 6.07) is 9.19. The molecule has 5 heteroatoms. The highest BCUT2D eigenvalue weighted by molar-refractivity contribution is 5.68. The van der Waals surface area contributed by atoms with Crippen LogP contribution in [-0.4, -0.2) is 29.8 Å². The van der Waals surface area contributed by atoms with Crippen molar-refractivity contribution < 1.29 is 9.53 Å². The third-order valence-corrected chi connectivity index (χ3v) is 2.93. The second-order valence-corrected chi connectivity index (χ2v) is 4.15. The summed E-state index contributed by atoms with van der Waals surface area (Å²) >= 11 is 0. The zero-order chi connectivity index (χ0) is 12.3. The Morgan fingerprint density at radius 3 is 2.82 bits per heavy atom. The Kier molecular flexibility index (Phi) is 3.61. The minimum Gasteiger partial charge on any atom is -0.785 e. The topological polar surface area (TPSA) is 64.6 Å². The molecule has 0 aromatic heterocycles. The smallest absolute Gasteiger partial charge is 0.407 e. The lowest BCUT2D eigenvalue weighted by Gasteiger charge is -2.51. The van der Waals surface area contributed by atoms with Crippen molar-refractivity contribution >= 4 is 6.09 Å². The van der Waals surface area contributed by atoms with Crippen LogP contribution in [0.5, 0.6) is 0 Å². The van der Waals surface area contributed by atoms with Gasteiger partial charge >= 0.3 is 6.09 Å². The summed E-state index contributed by atoms with van der Waals surface area (Å²) < 4.78 is 5.05. The number of ether oxygens (including phenoxy) is 1. The van der Waals surface area contributed by atoms with Gasteiger partial charge in [-0.15, -0.1) is 0 Å². The lowest BCUT2D eigenvalue weighted by molar-refractivity contribution is 0.0860. The summed E-state index contributed by atoms with van der Waals surface area (Å²) in [5, 5.41) is 14.5. The third-order valence-electron chi connectivity index (χ3n) is 2.93. The summed E-state index contributed by atoms with van der Waals surface area (Å²) in [6.45, 7) is 2.36. The van der Waals surface area contributed by atoms with Crippen LogP contribution in [0.25, 0.3) is 0 Å². The van der Waals surface area contributed by atoms with E-state index in [4.69, 9.17) is 4.74 Å². The van der Waals surface area contributed by atoms with Crippen LogP contribution in [0.2, 0.25) is 0 Å². The lowest BCUT2D eigenvalue weighted by Crippen LogP contribution is -2.63. The van der Waals surface area contributed by atoms with Crippen molar-refractivity contribution in [1.82, 2.24) is 10.4 Å². The standard InChI is InChI=1S/C12H15N2O3/c1-9-11(7-14(9)16)13-12(15)17-8-10-5-3-2-4-6-10/h2-6,9,11H,7-8H2,1H3,(H,13,15)/q-1. The first kappa shape index (κ1) is 11.9. The molecule has 5 nitrogen and oxygen atoms in total. The van der Waals surface area contributed by atoms with Gasteiger partial charge in [0, 0.05) is 12.6 Å². The van der Waals surface area contributed by atoms with Crippen LogP contribution in [0.1, 0.15) is 12.5 Å². The number of hydroxylamine groups is 2. The molecule has 1 aliphatic rings. The number of rotatable bonds is 3. The Labute approximate surface area is 99.9 Å². The summed E-state index contributed by atoms with van der Waals surface area (Å²) in [6.07, 6.45) is -0.473. The van der Waals surface area contributed by atoms with Crippen molar-refractivity contribution in [3.05, 3.63) is 41.1 Å². The fraction of sp³-hybridized carbons (Fsp3) is 0.417. The maximum absolute atomic E-state index is 11.4. The SMILES string of the molecule is CC1C(NC(=O)OCc2ccccc2)CN1[O-]. The fourth-order valence-corrected chi connectivity index (χ4v) is 1.66. The molecule has 2 atom stereocenters. The average molecular weight is 235 g/mol. The van der Waals surface area contributed by atoms with E-state index in [-0.39, 0.29) is 18.7 Å². The van der Waals surface area contributed by atoms with Gasteiger partial charge in [-0.1, -0.05) is 30.3 Å². The van der Waals surface area contributed by atoms with Crippen LogP contribution >= 0.6 is 0 Å². The van der Waals surface area contributed by atoms with E-state index >= 15 is 0 Å². The Hall–Kier alpha value is -1.59. The zero-order valence-corrected chi connectivity index (χ0v) is 9.63. The Morgan fingerprint density at radius 1 is 1.53 bits per heavy atom. The first-order chi connectivity index (χ1) is 8.16. The van der Waals surface area contributed by atoms with Crippen LogP contribution in [0.15, 0.2) is 30.3 Å². The highest BCUT2D eigenvalue weighted by atomic mass is 16.5. The van der Waals surface area contributed by atoms with Gasteiger partial charge in [0.1, 0.15) is 6.61 Å². The van der Waals surface area contributed by atoms with E-state index in [9.17, 15) is 10.0 Å². The largest absolute Gasteiger partial charge is 0.785 e. The van der Waals surface area contributed by atoms with Gasteiger partial charge < -0.3 is 20.3 Å². The summed E-state index contributed by atoms with van der Waals surface area (Å²) in [7, 11) is 0. The quantitative estimate of drug-likeness (QED) is 0.861. The second kappa shape index (κ2) is 5.16. The fourth-order valence-electron chi connectivity index (χ4n) is 1.66. The van der Waals surface area contributed by atoms with E-state index in [0.717, 1.165) is 10.6 Å². The van der Waals surface area contributed by atoms with E-state index in [1.165, 1.54) is 0 Å². The molecule has 0 saturated carbocycles. The second-order valence-electron chi connectivity index (χ2n) is 4.15. The number of hydrogen-bond donors (Lipinski definition) is 1. The Balaban J connectivity index is 1.72. The molecule has 2 unspecified atom stereocenters. The molecule has 0 bridgehead atoms. The zero-order valence-electron chi connectivity index (χ0n) is 9.63. The van der Waals surface area contributed by atoms with Crippen LogP contribution in [0.4, 0.5) is 4.79 Å². The predicted octanol–water partition coefficient (Wildman–Crippen LogP) is 1.48. The van der Waals surface area contributed by atoms with Crippen LogP contribution < -0.4 is 5.32 Å². The third kappa shape index (κ3) is 2.95. The highest BCUT2D eigenvalue weighted by Gasteiger charge is 2.30. The summed E-state index contributed by atoms with van der Waals surface area (Å²) in [5.74, 6) is 0. The molecule has 1 fully saturated rings. The first-order valence-corrected chi connectivity index (χ1v) is 5.58. The number of nitrogens with zero attached hydrogens (tertiary/aromatic N) is 1. The van der Waals surface area contributed by atoms with Gasteiger partial charge in [-0.25, -0.2) is 4.79 Å². The molecule has 92 valence electrons. The van der Waals surface area contributed by atoms with Crippen molar-refractivity contribution in [3.63, 3.8) is 0 Å². The molecular weight excluding hydrogens is 220 g/mol. The molecule has 1 heterocycles. The average Bonchev–Trinajstić information content (AvgIpc) is 2.37. The molecular formula is C12H15N2O3-. The predicted molar refractivity (Wildman–Crippen MR) is 63.1 cm³/mol. The molecule has 1 aromatic rings. The van der Waals surface area contributed by atoms with E-state index in [2.05, 4.69) is 5.32 Å². The van der Waals surface area contributed by atoms with Crippen molar-refractivity contribution in [2.75, 3.05) is 6.54 Å². The van der Waals surface area contributed by atoms with E-state index in [1.54, 1.807) is 6.92 Å². The molecule has 0 spiro atoms. The molecule has 1 saturated heterocycles. The van der Waals surface area contributed by atoms with Crippen LogP contribution in [-0.2, 0) is 11.3 Å². The lowest BCUT2D eigenvalue weighted by atomic mass is 10.0. The highest BCUT2D eigenvalue weighted by Crippen LogP contribution is 2.15. The minimum atomic E-state index is -0.473. The van der Waals surface area contributed by atoms with Crippen molar-refractivity contribution in [3.8, 4) is 0 Å². The molecule has 1 aliphatic heterocycles. The number of nitrogens with one attached hydrogen (secondary N) is 1. The van der Waals surface area contributed by atoms with Gasteiger partial charge in [-0.3, -0.25) is 0 Å². The maximum atomic E-state index is 11.4. The molecule has 2 rings (SSSR count). The van der Waals surface area contributed by atoms with Gasteiger partial charge in [0.25, 0.3) is 0 Å². The molecule has 17 heavy (non-hydrogen) atoms. The molecule has 0 radical (unpaired) electrons. The number of alkyl carbamates (subject to hydrolysis) is 1. The van der Waals surface area contributed by atoms with E-state index in [0.29, 0.717) is 6.54 Å². The summed E-state index contributed by atoms with van der Waals surface area (Å²) in [5.41, 5.74) is 0.940. The van der Waals surface area contributed by atoms with Gasteiger partial charge in [0.2, 0.25) is 0 Å². The van der Waals surface area contributed by atoms with Crippen molar-refractivity contribution in [1.29, 1.82) is 0 Å². The number of benzene rings is 1. The Morgan fingerprint density at radius 2 is 2.24 bits per heavy atom. The first-order valence-electron chi connectivity index (χ1n) is 5.58. The number of hydrogen-bond acceptors (Lipinski definition) is 4. The molecule has 1 N–H and O–H groups in total. The van der Waals surface area contributed by atoms with Gasteiger partial charge in [0.05, 0.1) is 6.04 Å². The normalized spacial score (nSPS) is 23.9. The van der Waals surface area contributed by atoms with Gasteiger partial charge in [-0.05, 0) is 12.5 Å². The summed E-state index contributed by atoms with van der Waals surface area (Å²) in [4.78, 5) is 11.4. The van der Waals surface area contributed by atoms with Gasteiger partial charge in [0.15, 0.2) is 0 Å². The number of carbonyl (C=O) groups is 1. The van der Waals surface area contributed by atoms with Crippen molar-refractivity contribution in [2.45, 2.75) is 25.6 Å². The number of carbonyl (C=O) groups excluding carboxylic acids is 1. The van der Waals surface area contributed by atoms with Gasteiger partial charge in [-0.2, -0.15) is 0 Å². The molecule has 1 amide bonds. The monoisotopic (exact) mass is 235 g/mol. The van der Waals surface area contributed by atoms with Crippen molar-refractivity contribution in [2.24, 2.45) is 0 Å². The van der Waals surface area contributed by atoms with Crippen LogP contribution in [0, 0.1) is 5.21 Å². The van der Waals surface area contributed by atoms with E-state index in [1.807, 2.05) is 30.3 Å². The Bertz CT molecular complexity index is 383. The minimum absolute atomic E-state index is 0.101. The maximum Gasteiger partial charge on any atom is 0.407 e. The molecule has 1 aromatic carbocycles. The van der Waals surface area contributed by atoms with Crippen LogP contribution in [0.3, 0.4) is 0 Å².